The molecule has 1 heterocycles. The Morgan fingerprint density at radius 2 is 1.70 bits per heavy atom. The maximum absolute atomic E-state index is 12.8. The number of rotatable bonds is 7. The van der Waals surface area contributed by atoms with Crippen molar-refractivity contribution in [2.45, 2.75) is 13.8 Å². The summed E-state index contributed by atoms with van der Waals surface area (Å²) < 4.78 is 22.5. The zero-order chi connectivity index (χ0) is 24.1. The molecule has 0 aliphatic heterocycles. The van der Waals surface area contributed by atoms with E-state index in [0.717, 1.165) is 0 Å². The normalized spacial score (nSPS) is 10.5. The van der Waals surface area contributed by atoms with Crippen LogP contribution < -0.4 is 9.47 Å². The lowest BCUT2D eigenvalue weighted by atomic mass is 10.0. The van der Waals surface area contributed by atoms with Crippen LogP contribution in [0.3, 0.4) is 0 Å². The summed E-state index contributed by atoms with van der Waals surface area (Å²) in [5.41, 5.74) is 0.935. The van der Waals surface area contributed by atoms with E-state index in [2.05, 4.69) is 21.0 Å². The number of carbonyl (C=O) groups excluding carboxylic acids is 3. The lowest BCUT2D eigenvalue weighted by Crippen LogP contribution is -2.15. The molecule has 33 heavy (non-hydrogen) atoms. The molecule has 0 aliphatic carbocycles. The van der Waals surface area contributed by atoms with Gasteiger partial charge in [-0.15, -0.1) is 0 Å². The van der Waals surface area contributed by atoms with Gasteiger partial charge in [-0.05, 0) is 47.1 Å². The van der Waals surface area contributed by atoms with Gasteiger partial charge in [0, 0.05) is 12.5 Å². The molecule has 0 unspecified atom stereocenters. The molecule has 0 amide bonds. The van der Waals surface area contributed by atoms with Gasteiger partial charge in [-0.1, -0.05) is 18.2 Å². The fourth-order valence-electron chi connectivity index (χ4n) is 3.17. The molecule has 3 aromatic rings. The first kappa shape index (κ1) is 24.0. The van der Waals surface area contributed by atoms with Crippen LogP contribution in [0, 0.1) is 0 Å². The average molecular weight is 517 g/mol. The molecular formula is C23H21BrN2O7. The van der Waals surface area contributed by atoms with E-state index in [-0.39, 0.29) is 28.5 Å². The molecule has 1 aromatic heterocycles. The van der Waals surface area contributed by atoms with Crippen molar-refractivity contribution in [2.24, 2.45) is 0 Å². The Labute approximate surface area is 198 Å². The number of carbonyl (C=O) groups is 3. The lowest BCUT2D eigenvalue weighted by molar-refractivity contribution is -0.132. The summed E-state index contributed by atoms with van der Waals surface area (Å²) in [4.78, 5) is 37.1. The molecule has 10 heteroatoms. The standard InChI is InChI=1S/C23H21BrN2O7/c1-5-32-17-12-14(11-16(24)21(17)33-13(2)27)19-18(22(28)30-3)20(23(29)31-4)26(25-19)15-9-7-6-8-10-15/h6-12H,5H2,1-4H3. The number of halogens is 1. The van der Waals surface area contributed by atoms with Crippen LogP contribution in [-0.4, -0.2) is 48.5 Å². The second-order valence-electron chi connectivity index (χ2n) is 6.61. The first-order chi connectivity index (χ1) is 15.8. The van der Waals surface area contributed by atoms with Crippen molar-refractivity contribution in [1.29, 1.82) is 0 Å². The highest BCUT2D eigenvalue weighted by Gasteiger charge is 2.32. The molecule has 0 radical (unpaired) electrons. The van der Waals surface area contributed by atoms with Gasteiger partial charge in [0.15, 0.2) is 17.2 Å². The molecule has 0 saturated carbocycles. The van der Waals surface area contributed by atoms with Crippen molar-refractivity contribution in [2.75, 3.05) is 20.8 Å². The van der Waals surface area contributed by atoms with E-state index in [9.17, 15) is 14.4 Å². The Kier molecular flexibility index (Phi) is 7.49. The fraction of sp³-hybridized carbons (Fsp3) is 0.217. The highest BCUT2D eigenvalue weighted by Crippen LogP contribution is 2.41. The lowest BCUT2D eigenvalue weighted by Gasteiger charge is -2.13. The van der Waals surface area contributed by atoms with E-state index in [4.69, 9.17) is 18.9 Å². The molecule has 9 nitrogen and oxygen atoms in total. The monoisotopic (exact) mass is 516 g/mol. The molecule has 0 fully saturated rings. The summed E-state index contributed by atoms with van der Waals surface area (Å²) in [5.74, 6) is -1.63. The molecule has 3 rings (SSSR count). The van der Waals surface area contributed by atoms with Crippen LogP contribution in [0.15, 0.2) is 46.9 Å². The van der Waals surface area contributed by atoms with E-state index in [0.29, 0.717) is 22.3 Å². The van der Waals surface area contributed by atoms with Gasteiger partial charge in [0.05, 0.1) is 31.0 Å². The number of nitrogens with zero attached hydrogens (tertiary/aromatic N) is 2. The Bertz CT molecular complexity index is 1210. The van der Waals surface area contributed by atoms with Crippen molar-refractivity contribution in [3.63, 3.8) is 0 Å². The number of ether oxygens (including phenoxy) is 4. The molecule has 0 atom stereocenters. The third-order valence-electron chi connectivity index (χ3n) is 4.48. The van der Waals surface area contributed by atoms with Gasteiger partial charge in [0.2, 0.25) is 0 Å². The number of benzene rings is 2. The molecule has 0 N–H and O–H groups in total. The van der Waals surface area contributed by atoms with Crippen LogP contribution in [0.2, 0.25) is 0 Å². The second-order valence-corrected chi connectivity index (χ2v) is 7.47. The predicted molar refractivity (Wildman–Crippen MR) is 122 cm³/mol. The van der Waals surface area contributed by atoms with Gasteiger partial charge in [-0.2, -0.15) is 5.10 Å². The first-order valence-corrected chi connectivity index (χ1v) is 10.6. The minimum absolute atomic E-state index is 0.0808. The van der Waals surface area contributed by atoms with Crippen LogP contribution >= 0.6 is 15.9 Å². The summed E-state index contributed by atoms with van der Waals surface area (Å²) in [6.45, 7) is 3.34. The third kappa shape index (κ3) is 4.90. The third-order valence-corrected chi connectivity index (χ3v) is 5.07. The zero-order valence-electron chi connectivity index (χ0n) is 18.4. The molecular weight excluding hydrogens is 496 g/mol. The van der Waals surface area contributed by atoms with E-state index in [1.54, 1.807) is 43.3 Å². The molecule has 0 bridgehead atoms. The predicted octanol–water partition coefficient (Wildman–Crippen LogP) is 4.20. The summed E-state index contributed by atoms with van der Waals surface area (Å²) in [7, 11) is 2.42. The maximum atomic E-state index is 12.8. The topological polar surface area (TPSA) is 106 Å². The van der Waals surface area contributed by atoms with Gasteiger partial charge in [-0.3, -0.25) is 4.79 Å². The van der Waals surface area contributed by atoms with Crippen molar-refractivity contribution in [3.8, 4) is 28.4 Å². The quantitative estimate of drug-likeness (QED) is 0.339. The van der Waals surface area contributed by atoms with Crippen molar-refractivity contribution < 1.29 is 33.3 Å². The van der Waals surface area contributed by atoms with Gasteiger partial charge in [0.1, 0.15) is 11.3 Å². The smallest absolute Gasteiger partial charge is 0.357 e. The Morgan fingerprint density at radius 3 is 2.27 bits per heavy atom. The Morgan fingerprint density at radius 1 is 1.03 bits per heavy atom. The van der Waals surface area contributed by atoms with Crippen molar-refractivity contribution in [1.82, 2.24) is 9.78 Å². The van der Waals surface area contributed by atoms with Gasteiger partial charge < -0.3 is 18.9 Å². The minimum atomic E-state index is -0.772. The minimum Gasteiger partial charge on any atom is -0.490 e. The fourth-order valence-corrected chi connectivity index (χ4v) is 3.69. The number of aromatic nitrogens is 2. The van der Waals surface area contributed by atoms with Crippen LogP contribution in [0.25, 0.3) is 16.9 Å². The Hall–Kier alpha value is -3.66. The van der Waals surface area contributed by atoms with Crippen molar-refractivity contribution in [3.05, 3.63) is 58.2 Å². The van der Waals surface area contributed by atoms with Crippen LogP contribution in [0.5, 0.6) is 11.5 Å². The van der Waals surface area contributed by atoms with E-state index >= 15 is 0 Å². The molecule has 0 spiro atoms. The molecule has 2 aromatic carbocycles. The molecule has 172 valence electrons. The van der Waals surface area contributed by atoms with Gasteiger partial charge in [-0.25, -0.2) is 14.3 Å². The van der Waals surface area contributed by atoms with E-state index in [1.165, 1.54) is 25.8 Å². The average Bonchev–Trinajstić information content (AvgIpc) is 3.21. The number of esters is 3. The molecule has 0 saturated heterocycles. The van der Waals surface area contributed by atoms with Crippen molar-refractivity contribution >= 4 is 33.8 Å². The zero-order valence-corrected chi connectivity index (χ0v) is 20.0. The molecule has 0 aliphatic rings. The number of hydrogen-bond donors (Lipinski definition) is 0. The summed E-state index contributed by atoms with van der Waals surface area (Å²) in [6, 6.07) is 12.0. The highest BCUT2D eigenvalue weighted by molar-refractivity contribution is 9.10. The van der Waals surface area contributed by atoms with Crippen LogP contribution in [-0.2, 0) is 14.3 Å². The van der Waals surface area contributed by atoms with E-state index in [1.807, 2.05) is 6.07 Å². The second kappa shape index (κ2) is 10.3. The maximum Gasteiger partial charge on any atom is 0.357 e. The number of para-hydroxylation sites is 1. The highest BCUT2D eigenvalue weighted by atomic mass is 79.9. The summed E-state index contributed by atoms with van der Waals surface area (Å²) in [6.07, 6.45) is 0. The Balaban J connectivity index is 2.35. The number of methoxy groups -OCH3 is 2. The van der Waals surface area contributed by atoms with Crippen LogP contribution in [0.1, 0.15) is 34.7 Å². The van der Waals surface area contributed by atoms with E-state index < -0.39 is 17.9 Å². The van der Waals surface area contributed by atoms with Crippen LogP contribution in [0.4, 0.5) is 0 Å². The summed E-state index contributed by atoms with van der Waals surface area (Å²) >= 11 is 3.39. The largest absolute Gasteiger partial charge is 0.490 e. The summed E-state index contributed by atoms with van der Waals surface area (Å²) in [5, 5.41) is 4.55. The number of hydrogen-bond acceptors (Lipinski definition) is 8. The first-order valence-electron chi connectivity index (χ1n) is 9.82. The van der Waals surface area contributed by atoms with Gasteiger partial charge in [0.25, 0.3) is 0 Å². The SMILES string of the molecule is CCOc1cc(-c2nn(-c3ccccc3)c(C(=O)OC)c2C(=O)OC)cc(Br)c1OC(C)=O. The van der Waals surface area contributed by atoms with Gasteiger partial charge >= 0.3 is 17.9 Å².